The van der Waals surface area contributed by atoms with E-state index in [1.54, 1.807) is 0 Å². The van der Waals surface area contributed by atoms with Gasteiger partial charge in [-0.2, -0.15) is 4.98 Å². The van der Waals surface area contributed by atoms with Gasteiger partial charge in [-0.25, -0.2) is 9.78 Å². The van der Waals surface area contributed by atoms with Crippen molar-refractivity contribution in [1.82, 2.24) is 9.97 Å². The molecule has 1 N–H and O–H groups in total. The van der Waals surface area contributed by atoms with Gasteiger partial charge >= 0.3 is 5.97 Å². The number of aromatic nitrogens is 2. The highest BCUT2D eigenvalue weighted by Gasteiger charge is 2.21. The Hall–Kier alpha value is -2.18. The first-order valence-electron chi connectivity index (χ1n) is 7.29. The summed E-state index contributed by atoms with van der Waals surface area (Å²) in [5, 5.41) is 4.21. The van der Waals surface area contributed by atoms with E-state index in [1.165, 1.54) is 18.4 Å². The number of methoxy groups -OCH3 is 1. The summed E-state index contributed by atoms with van der Waals surface area (Å²) in [6, 6.07) is 6.15. The topological polar surface area (TPSA) is 64.1 Å². The number of rotatable bonds is 3. The Bertz CT molecular complexity index is 932. The number of benzene rings is 1. The molecule has 3 rings (SSSR count). The summed E-state index contributed by atoms with van der Waals surface area (Å²) in [6.45, 7) is 5.92. The van der Waals surface area contributed by atoms with E-state index >= 15 is 0 Å². The summed E-state index contributed by atoms with van der Waals surface area (Å²) in [5.41, 5.74) is 3.98. The van der Waals surface area contributed by atoms with Crippen molar-refractivity contribution >= 4 is 50.6 Å². The van der Waals surface area contributed by atoms with Gasteiger partial charge < -0.3 is 10.1 Å². The molecule has 3 aromatic rings. The first-order chi connectivity index (χ1) is 11.4. The van der Waals surface area contributed by atoms with Gasteiger partial charge in [0, 0.05) is 5.69 Å². The van der Waals surface area contributed by atoms with Crippen LogP contribution in [-0.4, -0.2) is 23.0 Å². The molecule has 0 bridgehead atoms. The van der Waals surface area contributed by atoms with Crippen LogP contribution in [0.15, 0.2) is 18.2 Å². The Balaban J connectivity index is 2.16. The van der Waals surface area contributed by atoms with Gasteiger partial charge in [0.2, 0.25) is 5.28 Å². The third-order valence-electron chi connectivity index (χ3n) is 3.62. The number of fused-ring (bicyclic) bond motifs is 1. The zero-order valence-corrected chi connectivity index (χ0v) is 15.3. The van der Waals surface area contributed by atoms with Crippen molar-refractivity contribution in [2.24, 2.45) is 0 Å². The monoisotopic (exact) mass is 361 g/mol. The smallest absolute Gasteiger partial charge is 0.348 e. The molecule has 0 aliphatic heterocycles. The Morgan fingerprint density at radius 3 is 2.46 bits per heavy atom. The summed E-state index contributed by atoms with van der Waals surface area (Å²) in [6.07, 6.45) is 0. The minimum atomic E-state index is -0.385. The van der Waals surface area contributed by atoms with Gasteiger partial charge in [-0.3, -0.25) is 0 Å². The Morgan fingerprint density at radius 2 is 1.83 bits per heavy atom. The Kier molecular flexibility index (Phi) is 4.43. The molecule has 0 saturated heterocycles. The van der Waals surface area contributed by atoms with Gasteiger partial charge in [0.05, 0.1) is 12.5 Å². The molecule has 1 aromatic carbocycles. The SMILES string of the molecule is COC(=O)c1sc2nc(Cl)nc(Nc3cc(C)cc(C)c3)c2c1C. The number of ether oxygens (including phenoxy) is 1. The molecule has 0 radical (unpaired) electrons. The van der Waals surface area contributed by atoms with Crippen LogP contribution in [0.3, 0.4) is 0 Å². The second kappa shape index (κ2) is 6.37. The fraction of sp³-hybridized carbons (Fsp3) is 0.235. The zero-order valence-electron chi connectivity index (χ0n) is 13.7. The van der Waals surface area contributed by atoms with E-state index < -0.39 is 0 Å². The van der Waals surface area contributed by atoms with E-state index in [2.05, 4.69) is 21.4 Å². The lowest BCUT2D eigenvalue weighted by Gasteiger charge is -2.10. The molecule has 5 nitrogen and oxygen atoms in total. The third-order valence-corrected chi connectivity index (χ3v) is 4.95. The maximum Gasteiger partial charge on any atom is 0.348 e. The molecule has 24 heavy (non-hydrogen) atoms. The Morgan fingerprint density at radius 1 is 1.17 bits per heavy atom. The van der Waals surface area contributed by atoms with E-state index in [9.17, 15) is 4.79 Å². The van der Waals surface area contributed by atoms with Gasteiger partial charge in [0.15, 0.2) is 0 Å². The predicted octanol–water partition coefficient (Wildman–Crippen LogP) is 4.80. The van der Waals surface area contributed by atoms with Crippen molar-refractivity contribution in [3.05, 3.63) is 45.1 Å². The fourth-order valence-corrected chi connectivity index (χ4v) is 3.99. The average molecular weight is 362 g/mol. The maximum absolute atomic E-state index is 11.9. The van der Waals surface area contributed by atoms with Crippen molar-refractivity contribution < 1.29 is 9.53 Å². The van der Waals surface area contributed by atoms with Gasteiger partial charge in [0.25, 0.3) is 0 Å². The number of nitrogens with one attached hydrogen (secondary N) is 1. The predicted molar refractivity (Wildman–Crippen MR) is 97.7 cm³/mol. The normalized spacial score (nSPS) is 10.9. The summed E-state index contributed by atoms with van der Waals surface area (Å²) >= 11 is 7.31. The minimum absolute atomic E-state index is 0.132. The lowest BCUT2D eigenvalue weighted by molar-refractivity contribution is 0.0605. The number of halogens is 1. The largest absolute Gasteiger partial charge is 0.465 e. The van der Waals surface area contributed by atoms with E-state index in [0.29, 0.717) is 15.5 Å². The van der Waals surface area contributed by atoms with Crippen molar-refractivity contribution in [2.45, 2.75) is 20.8 Å². The second-order valence-electron chi connectivity index (χ2n) is 5.57. The van der Waals surface area contributed by atoms with Gasteiger partial charge in [-0.05, 0) is 61.2 Å². The molecule has 2 aromatic heterocycles. The molecular weight excluding hydrogens is 346 g/mol. The number of aryl methyl sites for hydroxylation is 3. The molecule has 0 aliphatic carbocycles. The highest BCUT2D eigenvalue weighted by atomic mass is 35.5. The van der Waals surface area contributed by atoms with Crippen LogP contribution in [0, 0.1) is 20.8 Å². The summed E-state index contributed by atoms with van der Waals surface area (Å²) in [7, 11) is 1.36. The lowest BCUT2D eigenvalue weighted by Crippen LogP contribution is -2.00. The van der Waals surface area contributed by atoms with Crippen LogP contribution < -0.4 is 5.32 Å². The number of esters is 1. The van der Waals surface area contributed by atoms with E-state index in [1.807, 2.05) is 32.9 Å². The number of thiophene rings is 1. The number of hydrogen-bond donors (Lipinski definition) is 1. The molecule has 0 unspecified atom stereocenters. The number of nitrogens with zero attached hydrogens (tertiary/aromatic N) is 2. The third kappa shape index (κ3) is 3.07. The zero-order chi connectivity index (χ0) is 17.4. The molecule has 0 atom stereocenters. The fourth-order valence-electron chi connectivity index (χ4n) is 2.67. The van der Waals surface area contributed by atoms with Crippen molar-refractivity contribution in [3.63, 3.8) is 0 Å². The van der Waals surface area contributed by atoms with E-state index in [4.69, 9.17) is 16.3 Å². The van der Waals surface area contributed by atoms with E-state index in [-0.39, 0.29) is 11.3 Å². The van der Waals surface area contributed by atoms with Crippen molar-refractivity contribution in [3.8, 4) is 0 Å². The maximum atomic E-state index is 11.9. The van der Waals surface area contributed by atoms with Crippen LogP contribution in [0.5, 0.6) is 0 Å². The van der Waals surface area contributed by atoms with Crippen LogP contribution in [0.25, 0.3) is 10.2 Å². The summed E-state index contributed by atoms with van der Waals surface area (Å²) in [5.74, 6) is 0.197. The van der Waals surface area contributed by atoms with Gasteiger partial charge in [0.1, 0.15) is 15.5 Å². The number of anilines is 2. The van der Waals surface area contributed by atoms with Crippen LogP contribution in [0.1, 0.15) is 26.4 Å². The van der Waals surface area contributed by atoms with E-state index in [0.717, 1.165) is 27.8 Å². The molecule has 0 fully saturated rings. The van der Waals surface area contributed by atoms with Crippen LogP contribution in [0.2, 0.25) is 5.28 Å². The number of carbonyl (C=O) groups excluding carboxylic acids is 1. The molecule has 0 amide bonds. The average Bonchev–Trinajstić information content (AvgIpc) is 2.82. The van der Waals surface area contributed by atoms with Crippen molar-refractivity contribution in [2.75, 3.05) is 12.4 Å². The van der Waals surface area contributed by atoms with Gasteiger partial charge in [-0.1, -0.05) is 6.07 Å². The highest BCUT2D eigenvalue weighted by Crippen LogP contribution is 2.36. The number of carbonyl (C=O) groups is 1. The van der Waals surface area contributed by atoms with Crippen LogP contribution >= 0.6 is 22.9 Å². The molecular formula is C17H16ClN3O2S. The first-order valence-corrected chi connectivity index (χ1v) is 8.48. The quantitative estimate of drug-likeness (QED) is 0.536. The highest BCUT2D eigenvalue weighted by molar-refractivity contribution is 7.20. The molecule has 0 saturated carbocycles. The minimum Gasteiger partial charge on any atom is -0.465 e. The first kappa shape index (κ1) is 16.7. The molecule has 0 aliphatic rings. The molecule has 0 spiro atoms. The molecule has 124 valence electrons. The standard InChI is InChI=1S/C17H16ClN3O2S/c1-8-5-9(2)7-11(6-8)19-14-12-10(3)13(16(22)23-4)24-15(12)21-17(18)20-14/h5-7H,1-4H3,(H,19,20,21). The second-order valence-corrected chi connectivity index (χ2v) is 6.91. The summed E-state index contributed by atoms with van der Waals surface area (Å²) < 4.78 is 4.84. The summed E-state index contributed by atoms with van der Waals surface area (Å²) in [4.78, 5) is 21.6. The lowest BCUT2D eigenvalue weighted by atomic mass is 10.1. The Labute approximate surface area is 148 Å². The van der Waals surface area contributed by atoms with Crippen LogP contribution in [0.4, 0.5) is 11.5 Å². The van der Waals surface area contributed by atoms with Crippen LogP contribution in [-0.2, 0) is 4.74 Å². The molecule has 2 heterocycles. The van der Waals surface area contributed by atoms with Gasteiger partial charge in [-0.15, -0.1) is 11.3 Å². The van der Waals surface area contributed by atoms with Crippen molar-refractivity contribution in [1.29, 1.82) is 0 Å². The molecule has 7 heteroatoms. The number of hydrogen-bond acceptors (Lipinski definition) is 6.